The molecule has 3 rings (SSSR count). The van der Waals surface area contributed by atoms with Crippen LogP contribution in [0.1, 0.15) is 31.4 Å². The summed E-state index contributed by atoms with van der Waals surface area (Å²) in [6, 6.07) is 1.52. The number of nitrogens with zero attached hydrogens (tertiary/aromatic N) is 3. The number of rotatable bonds is 5. The zero-order valence-corrected chi connectivity index (χ0v) is 14.1. The third-order valence-corrected chi connectivity index (χ3v) is 4.76. The van der Waals surface area contributed by atoms with Crippen LogP contribution in [0.25, 0.3) is 0 Å². The Balaban J connectivity index is 1.46. The molecule has 0 bridgehead atoms. The third-order valence-electron chi connectivity index (χ3n) is 4.76. The first kappa shape index (κ1) is 17.1. The van der Waals surface area contributed by atoms with Gasteiger partial charge in [0.1, 0.15) is 0 Å². The van der Waals surface area contributed by atoms with Crippen molar-refractivity contribution in [2.75, 3.05) is 39.3 Å². The van der Waals surface area contributed by atoms with Crippen LogP contribution < -0.4 is 5.56 Å². The number of nitrogens with one attached hydrogen (secondary N) is 1. The van der Waals surface area contributed by atoms with Crippen molar-refractivity contribution in [3.63, 3.8) is 0 Å². The zero-order chi connectivity index (χ0) is 16.8. The van der Waals surface area contributed by atoms with E-state index < -0.39 is 0 Å². The van der Waals surface area contributed by atoms with E-state index in [4.69, 9.17) is 4.74 Å². The van der Waals surface area contributed by atoms with Gasteiger partial charge in [-0.05, 0) is 38.8 Å². The van der Waals surface area contributed by atoms with Gasteiger partial charge in [0, 0.05) is 24.8 Å². The summed E-state index contributed by atoms with van der Waals surface area (Å²) >= 11 is 0. The second kappa shape index (κ2) is 8.39. The number of carbonyl (C=O) groups excluding carboxylic acids is 1. The molecule has 2 aliphatic heterocycles. The summed E-state index contributed by atoms with van der Waals surface area (Å²) in [6.45, 7) is 4.49. The van der Waals surface area contributed by atoms with Crippen molar-refractivity contribution < 1.29 is 9.53 Å². The molecule has 2 fully saturated rings. The SMILES string of the molecule is O=C(CN1CCCCC1)N1CCO[C@@H](CCc2cc(=O)[nH]cn2)C1. The average molecular weight is 334 g/mol. The second-order valence-corrected chi connectivity index (χ2v) is 6.61. The van der Waals surface area contributed by atoms with Crippen molar-refractivity contribution in [2.24, 2.45) is 0 Å². The van der Waals surface area contributed by atoms with Crippen LogP contribution in [0.5, 0.6) is 0 Å². The Kier molecular flexibility index (Phi) is 5.98. The van der Waals surface area contributed by atoms with E-state index in [0.717, 1.165) is 25.2 Å². The lowest BCUT2D eigenvalue weighted by Gasteiger charge is -2.35. The van der Waals surface area contributed by atoms with Gasteiger partial charge in [-0.25, -0.2) is 4.98 Å². The van der Waals surface area contributed by atoms with E-state index in [1.54, 1.807) is 0 Å². The summed E-state index contributed by atoms with van der Waals surface area (Å²) in [6.07, 6.45) is 6.57. The van der Waals surface area contributed by atoms with Gasteiger partial charge in [-0.15, -0.1) is 0 Å². The number of piperidine rings is 1. The number of carbonyl (C=O) groups is 1. The van der Waals surface area contributed by atoms with Crippen LogP contribution in [0, 0.1) is 0 Å². The van der Waals surface area contributed by atoms with Crippen LogP contribution >= 0.6 is 0 Å². The average Bonchev–Trinajstić information content (AvgIpc) is 2.61. The molecule has 1 aromatic rings. The zero-order valence-electron chi connectivity index (χ0n) is 14.1. The Morgan fingerprint density at radius 3 is 2.92 bits per heavy atom. The van der Waals surface area contributed by atoms with Gasteiger partial charge in [0.25, 0.3) is 5.56 Å². The lowest BCUT2D eigenvalue weighted by Crippen LogP contribution is -2.49. The summed E-state index contributed by atoms with van der Waals surface area (Å²) in [4.78, 5) is 34.6. The minimum absolute atomic E-state index is 0.0187. The standard InChI is InChI=1S/C17H26N4O3/c22-16-10-14(18-13-19-16)4-5-15-11-21(8-9-24-15)17(23)12-20-6-2-1-3-7-20/h10,13,15H,1-9,11-12H2,(H,18,19,22)/t15-/m0/s1. The molecule has 0 radical (unpaired) electrons. The highest BCUT2D eigenvalue weighted by molar-refractivity contribution is 5.78. The molecule has 7 nitrogen and oxygen atoms in total. The fraction of sp³-hybridized carbons (Fsp3) is 0.706. The van der Waals surface area contributed by atoms with Gasteiger partial charge in [0.2, 0.25) is 5.91 Å². The summed E-state index contributed by atoms with van der Waals surface area (Å²) < 4.78 is 5.78. The lowest BCUT2D eigenvalue weighted by molar-refractivity contribution is -0.140. The normalized spacial score (nSPS) is 22.5. The van der Waals surface area contributed by atoms with E-state index in [1.165, 1.54) is 31.7 Å². The van der Waals surface area contributed by atoms with Crippen LogP contribution in [0.3, 0.4) is 0 Å². The van der Waals surface area contributed by atoms with Crippen LogP contribution in [-0.4, -0.2) is 71.1 Å². The minimum atomic E-state index is -0.136. The summed E-state index contributed by atoms with van der Waals surface area (Å²) in [5.74, 6) is 0.208. The molecule has 2 aliphatic rings. The molecule has 7 heteroatoms. The predicted octanol–water partition coefficient (Wildman–Crippen LogP) is 0.416. The minimum Gasteiger partial charge on any atom is -0.375 e. The number of hydrogen-bond donors (Lipinski definition) is 1. The monoisotopic (exact) mass is 334 g/mol. The van der Waals surface area contributed by atoms with Crippen molar-refractivity contribution in [1.82, 2.24) is 19.8 Å². The molecule has 24 heavy (non-hydrogen) atoms. The Bertz CT molecular complexity index is 597. The molecule has 1 atom stereocenters. The smallest absolute Gasteiger partial charge is 0.250 e. The van der Waals surface area contributed by atoms with Crippen LogP contribution in [0.2, 0.25) is 0 Å². The van der Waals surface area contributed by atoms with Gasteiger partial charge in [-0.1, -0.05) is 6.42 Å². The maximum atomic E-state index is 12.5. The number of H-pyrrole nitrogens is 1. The van der Waals surface area contributed by atoms with E-state index in [9.17, 15) is 9.59 Å². The lowest BCUT2D eigenvalue weighted by atomic mass is 10.1. The molecule has 1 N–H and O–H groups in total. The van der Waals surface area contributed by atoms with E-state index in [1.807, 2.05) is 4.90 Å². The van der Waals surface area contributed by atoms with Gasteiger partial charge in [-0.3, -0.25) is 14.5 Å². The Hall–Kier alpha value is -1.73. The number of ether oxygens (including phenoxy) is 1. The number of likely N-dealkylation sites (tertiary alicyclic amines) is 1. The Labute approximate surface area is 142 Å². The molecular weight excluding hydrogens is 308 g/mol. The quantitative estimate of drug-likeness (QED) is 0.844. The summed E-state index contributed by atoms with van der Waals surface area (Å²) in [5.41, 5.74) is 0.627. The molecule has 0 spiro atoms. The van der Waals surface area contributed by atoms with Gasteiger partial charge >= 0.3 is 0 Å². The molecule has 0 saturated carbocycles. The molecule has 2 saturated heterocycles. The first-order valence-corrected chi connectivity index (χ1v) is 8.86. The fourth-order valence-corrected chi connectivity index (χ4v) is 3.38. The van der Waals surface area contributed by atoms with Gasteiger partial charge in [0.05, 0.1) is 25.6 Å². The third kappa shape index (κ3) is 4.88. The number of aryl methyl sites for hydroxylation is 1. The first-order valence-electron chi connectivity index (χ1n) is 8.86. The molecule has 132 valence electrons. The first-order chi connectivity index (χ1) is 11.7. The fourth-order valence-electron chi connectivity index (χ4n) is 3.38. The maximum absolute atomic E-state index is 12.5. The second-order valence-electron chi connectivity index (χ2n) is 6.61. The van der Waals surface area contributed by atoms with Crippen LogP contribution in [0.4, 0.5) is 0 Å². The molecule has 1 aromatic heterocycles. The molecule has 0 unspecified atom stereocenters. The highest BCUT2D eigenvalue weighted by Gasteiger charge is 2.25. The van der Waals surface area contributed by atoms with Crippen LogP contribution in [-0.2, 0) is 16.0 Å². The largest absolute Gasteiger partial charge is 0.375 e. The van der Waals surface area contributed by atoms with E-state index in [2.05, 4.69) is 14.9 Å². The number of aromatic amines is 1. The van der Waals surface area contributed by atoms with E-state index in [-0.39, 0.29) is 17.6 Å². The number of amides is 1. The van der Waals surface area contributed by atoms with Gasteiger partial charge in [0.15, 0.2) is 0 Å². The van der Waals surface area contributed by atoms with Crippen molar-refractivity contribution in [2.45, 2.75) is 38.2 Å². The summed E-state index contributed by atoms with van der Waals surface area (Å²) in [5, 5.41) is 0. The Morgan fingerprint density at radius 2 is 2.12 bits per heavy atom. The van der Waals surface area contributed by atoms with Crippen molar-refractivity contribution in [1.29, 1.82) is 0 Å². The van der Waals surface area contributed by atoms with Crippen LogP contribution in [0.15, 0.2) is 17.2 Å². The number of morpholine rings is 1. The Morgan fingerprint density at radius 1 is 1.29 bits per heavy atom. The topological polar surface area (TPSA) is 78.5 Å². The van der Waals surface area contributed by atoms with Gasteiger partial charge in [-0.2, -0.15) is 0 Å². The van der Waals surface area contributed by atoms with Crippen molar-refractivity contribution in [3.8, 4) is 0 Å². The molecule has 1 amide bonds. The highest BCUT2D eigenvalue weighted by Crippen LogP contribution is 2.13. The molecular formula is C17H26N4O3. The van der Waals surface area contributed by atoms with E-state index in [0.29, 0.717) is 32.7 Å². The van der Waals surface area contributed by atoms with Gasteiger partial charge < -0.3 is 14.6 Å². The van der Waals surface area contributed by atoms with Crippen molar-refractivity contribution >= 4 is 5.91 Å². The van der Waals surface area contributed by atoms with Crippen molar-refractivity contribution in [3.05, 3.63) is 28.4 Å². The number of aromatic nitrogens is 2. The van der Waals surface area contributed by atoms with E-state index >= 15 is 0 Å². The molecule has 3 heterocycles. The summed E-state index contributed by atoms with van der Waals surface area (Å²) in [7, 11) is 0. The molecule has 0 aromatic carbocycles. The number of hydrogen-bond acceptors (Lipinski definition) is 5. The highest BCUT2D eigenvalue weighted by atomic mass is 16.5. The maximum Gasteiger partial charge on any atom is 0.250 e. The molecule has 0 aliphatic carbocycles. The predicted molar refractivity (Wildman–Crippen MR) is 89.8 cm³/mol.